The molecule has 0 spiro atoms. The third-order valence-corrected chi connectivity index (χ3v) is 14.9. The Labute approximate surface area is 471 Å². The SMILES string of the molecule is CCCCC/C=C\C/C=C\CCCCCCCCCCCCCCCC(=O)OC1C(OCC(NC(=O)C(O)CCCCCCC/C=C/C=C/CCCCC)C(O)/C=C/CCCCCCCCCCC)OC(CO)C(O)C1O. The molecule has 448 valence electrons. The average molecular weight is 1090 g/mol. The van der Waals surface area contributed by atoms with Gasteiger partial charge in [-0.3, -0.25) is 9.59 Å². The number of rotatable bonds is 54. The number of carbonyl (C=O) groups is 2. The van der Waals surface area contributed by atoms with Gasteiger partial charge in [-0.2, -0.15) is 0 Å². The first-order valence-electron chi connectivity index (χ1n) is 32.1. The van der Waals surface area contributed by atoms with Crippen LogP contribution in [0.5, 0.6) is 0 Å². The van der Waals surface area contributed by atoms with E-state index >= 15 is 0 Å². The van der Waals surface area contributed by atoms with E-state index < -0.39 is 67.4 Å². The monoisotopic (exact) mass is 1090 g/mol. The van der Waals surface area contributed by atoms with Gasteiger partial charge in [0.25, 0.3) is 0 Å². The molecule has 8 atom stereocenters. The highest BCUT2D eigenvalue weighted by Gasteiger charge is 2.47. The molecule has 1 heterocycles. The lowest BCUT2D eigenvalue weighted by Crippen LogP contribution is -2.61. The summed E-state index contributed by atoms with van der Waals surface area (Å²) in [6, 6.07) is -1.03. The number of hydrogen-bond acceptors (Lipinski definition) is 10. The summed E-state index contributed by atoms with van der Waals surface area (Å²) in [5.74, 6) is -1.20. The number of allylic oxidation sites excluding steroid dienone is 9. The van der Waals surface area contributed by atoms with Gasteiger partial charge in [0.15, 0.2) is 12.4 Å². The zero-order valence-electron chi connectivity index (χ0n) is 49.6. The van der Waals surface area contributed by atoms with Crippen molar-refractivity contribution < 1.29 is 49.3 Å². The molecule has 0 bridgehead atoms. The number of ether oxygens (including phenoxy) is 3. The molecule has 0 aromatic heterocycles. The van der Waals surface area contributed by atoms with Gasteiger partial charge in [0, 0.05) is 6.42 Å². The fraction of sp³-hybridized carbons (Fsp3) is 0.818. The second-order valence-electron chi connectivity index (χ2n) is 22.2. The van der Waals surface area contributed by atoms with Gasteiger partial charge in [0.1, 0.15) is 24.4 Å². The standard InChI is InChI=1S/C66H119NO10/c1-4-7-10-13-16-19-22-24-26-27-28-29-30-31-32-33-34-36-39-42-45-48-51-54-61(71)77-64-63(73)62(72)60(55-68)76-66(64)75-56-57(58(69)52-49-46-43-40-37-21-18-15-12-9-6-3)67-65(74)59(70)53-50-47-44-41-38-35-25-23-20-17-14-11-8-5-2/h16-17,19-20,23-26,49,52,57-60,62-64,66,68-70,72-73H,4-15,18,21-22,27-48,50-51,53-56H2,1-3H3,(H,67,74)/b19-16-,20-17+,25-23+,26-24-,52-49+. The average Bonchev–Trinajstić information content (AvgIpc) is 3.43. The number of carbonyl (C=O) groups excluding carboxylic acids is 2. The van der Waals surface area contributed by atoms with Crippen LogP contribution in [-0.2, 0) is 23.8 Å². The van der Waals surface area contributed by atoms with Crippen LogP contribution in [-0.4, -0.2) is 99.6 Å². The number of aliphatic hydroxyl groups is 5. The first-order valence-corrected chi connectivity index (χ1v) is 32.1. The molecule has 1 aliphatic heterocycles. The fourth-order valence-electron chi connectivity index (χ4n) is 9.79. The normalized spacial score (nSPS) is 19.4. The number of aliphatic hydroxyl groups excluding tert-OH is 5. The van der Waals surface area contributed by atoms with Gasteiger partial charge in [-0.1, -0.05) is 255 Å². The Morgan fingerprint density at radius 3 is 1.43 bits per heavy atom. The Balaban J connectivity index is 2.60. The van der Waals surface area contributed by atoms with Crippen LogP contribution in [0.4, 0.5) is 0 Å². The number of amides is 1. The van der Waals surface area contributed by atoms with Gasteiger partial charge < -0.3 is 45.1 Å². The molecule has 1 rings (SSSR count). The molecule has 6 N–H and O–H groups in total. The van der Waals surface area contributed by atoms with Crippen molar-refractivity contribution in [2.45, 2.75) is 333 Å². The quantitative estimate of drug-likeness (QED) is 0.0149. The zero-order valence-corrected chi connectivity index (χ0v) is 49.6. The predicted molar refractivity (Wildman–Crippen MR) is 320 cm³/mol. The summed E-state index contributed by atoms with van der Waals surface area (Å²) < 4.78 is 17.6. The molecule has 1 amide bonds. The van der Waals surface area contributed by atoms with Crippen molar-refractivity contribution in [2.75, 3.05) is 13.2 Å². The van der Waals surface area contributed by atoms with Gasteiger partial charge in [-0.05, 0) is 83.5 Å². The Morgan fingerprint density at radius 1 is 0.519 bits per heavy atom. The lowest BCUT2D eigenvalue weighted by Gasteiger charge is -2.41. The lowest BCUT2D eigenvalue weighted by molar-refractivity contribution is -0.305. The first-order chi connectivity index (χ1) is 37.7. The van der Waals surface area contributed by atoms with Crippen LogP contribution in [0, 0.1) is 0 Å². The van der Waals surface area contributed by atoms with Crippen molar-refractivity contribution >= 4 is 11.9 Å². The number of nitrogens with one attached hydrogen (secondary N) is 1. The molecule has 77 heavy (non-hydrogen) atoms. The Bertz CT molecular complexity index is 1480. The van der Waals surface area contributed by atoms with E-state index in [4.69, 9.17) is 14.2 Å². The molecule has 1 fully saturated rings. The van der Waals surface area contributed by atoms with Crippen molar-refractivity contribution in [1.29, 1.82) is 0 Å². The van der Waals surface area contributed by atoms with E-state index in [1.54, 1.807) is 6.08 Å². The Hall–Kier alpha value is -2.64. The highest BCUT2D eigenvalue weighted by Crippen LogP contribution is 2.26. The van der Waals surface area contributed by atoms with E-state index in [1.165, 1.54) is 154 Å². The summed E-state index contributed by atoms with van der Waals surface area (Å²) in [7, 11) is 0. The largest absolute Gasteiger partial charge is 0.454 e. The molecule has 0 saturated carbocycles. The number of unbranched alkanes of at least 4 members (excludes halogenated alkanes) is 33. The van der Waals surface area contributed by atoms with Crippen LogP contribution >= 0.6 is 0 Å². The van der Waals surface area contributed by atoms with Crippen LogP contribution in [0.3, 0.4) is 0 Å². The summed E-state index contributed by atoms with van der Waals surface area (Å²) in [5, 5.41) is 56.9. The fourth-order valence-corrected chi connectivity index (χ4v) is 9.79. The summed E-state index contributed by atoms with van der Waals surface area (Å²) in [5.41, 5.74) is 0. The van der Waals surface area contributed by atoms with Gasteiger partial charge in [-0.25, -0.2) is 0 Å². The van der Waals surface area contributed by atoms with E-state index in [9.17, 15) is 35.1 Å². The maximum absolute atomic E-state index is 13.4. The molecule has 1 saturated heterocycles. The van der Waals surface area contributed by atoms with Gasteiger partial charge in [0.05, 0.1) is 25.4 Å². The molecule has 11 nitrogen and oxygen atoms in total. The minimum absolute atomic E-state index is 0.121. The predicted octanol–water partition coefficient (Wildman–Crippen LogP) is 15.4. The first kappa shape index (κ1) is 72.4. The minimum Gasteiger partial charge on any atom is -0.454 e. The topological polar surface area (TPSA) is 175 Å². The molecule has 8 unspecified atom stereocenters. The highest BCUT2D eigenvalue weighted by atomic mass is 16.7. The Kier molecular flexibility index (Phi) is 50.7. The molecule has 0 aliphatic carbocycles. The maximum Gasteiger partial charge on any atom is 0.306 e. The van der Waals surface area contributed by atoms with Gasteiger partial charge in [-0.15, -0.1) is 0 Å². The number of hydrogen-bond donors (Lipinski definition) is 6. The van der Waals surface area contributed by atoms with Crippen LogP contribution in [0.25, 0.3) is 0 Å². The van der Waals surface area contributed by atoms with E-state index in [-0.39, 0.29) is 19.4 Å². The third-order valence-electron chi connectivity index (χ3n) is 14.9. The summed E-state index contributed by atoms with van der Waals surface area (Å²) in [6.07, 6.45) is 56.9. The van der Waals surface area contributed by atoms with Crippen LogP contribution < -0.4 is 5.32 Å². The summed E-state index contributed by atoms with van der Waals surface area (Å²) in [6.45, 7) is 5.73. The molecule has 0 aromatic rings. The van der Waals surface area contributed by atoms with E-state index in [1.807, 2.05) is 6.08 Å². The second-order valence-corrected chi connectivity index (χ2v) is 22.2. The smallest absolute Gasteiger partial charge is 0.306 e. The van der Waals surface area contributed by atoms with Crippen molar-refractivity contribution in [1.82, 2.24) is 5.32 Å². The van der Waals surface area contributed by atoms with Crippen molar-refractivity contribution in [3.8, 4) is 0 Å². The third kappa shape index (κ3) is 42.0. The zero-order chi connectivity index (χ0) is 56.1. The van der Waals surface area contributed by atoms with Crippen molar-refractivity contribution in [3.05, 3.63) is 60.8 Å². The second kappa shape index (κ2) is 54.0. The van der Waals surface area contributed by atoms with E-state index in [0.29, 0.717) is 12.8 Å². The van der Waals surface area contributed by atoms with Crippen LogP contribution in [0.2, 0.25) is 0 Å². The van der Waals surface area contributed by atoms with E-state index in [0.717, 1.165) is 83.5 Å². The van der Waals surface area contributed by atoms with Gasteiger partial charge >= 0.3 is 5.97 Å². The molecule has 11 heteroatoms. The summed E-state index contributed by atoms with van der Waals surface area (Å²) >= 11 is 0. The van der Waals surface area contributed by atoms with Crippen molar-refractivity contribution in [3.63, 3.8) is 0 Å². The summed E-state index contributed by atoms with van der Waals surface area (Å²) in [4.78, 5) is 26.5. The molecular formula is C66H119NO10. The Morgan fingerprint density at radius 2 is 0.935 bits per heavy atom. The number of esters is 1. The van der Waals surface area contributed by atoms with Crippen LogP contribution in [0.15, 0.2) is 60.8 Å². The molecule has 0 radical (unpaired) electrons. The molecule has 0 aromatic carbocycles. The lowest BCUT2D eigenvalue weighted by atomic mass is 9.99. The molecular weight excluding hydrogens is 967 g/mol. The highest BCUT2D eigenvalue weighted by molar-refractivity contribution is 5.80. The van der Waals surface area contributed by atoms with E-state index in [2.05, 4.69) is 74.7 Å². The maximum atomic E-state index is 13.4. The minimum atomic E-state index is -1.62. The van der Waals surface area contributed by atoms with Gasteiger partial charge in [0.2, 0.25) is 5.91 Å². The van der Waals surface area contributed by atoms with Crippen LogP contribution in [0.1, 0.15) is 284 Å². The van der Waals surface area contributed by atoms with Crippen molar-refractivity contribution in [2.24, 2.45) is 0 Å². The molecule has 1 aliphatic rings.